The van der Waals surface area contributed by atoms with E-state index in [4.69, 9.17) is 0 Å². The molecule has 3 saturated heterocycles. The first kappa shape index (κ1) is 18.3. The standard InChI is InChI=1S/C17H26N4O3S/c1-19(2)25(23,24)20-11-15-3-5-16(13-20)21(12-15)17(22)6-4-14-7-9-18-10-8-14/h7-10,15-16H,3-6,11-13H2,1-2H3/t15-,16+/m1/s1. The lowest BCUT2D eigenvalue weighted by molar-refractivity contribution is -0.135. The van der Waals surface area contributed by atoms with Crippen molar-refractivity contribution in [3.63, 3.8) is 0 Å². The van der Waals surface area contributed by atoms with E-state index in [1.54, 1.807) is 30.8 Å². The smallest absolute Gasteiger partial charge is 0.281 e. The molecule has 0 saturated carbocycles. The van der Waals surface area contributed by atoms with E-state index in [0.29, 0.717) is 32.5 Å². The Bertz CT molecular complexity index is 708. The summed E-state index contributed by atoms with van der Waals surface area (Å²) in [6, 6.07) is 3.83. The Hall–Kier alpha value is -1.51. The Morgan fingerprint density at radius 3 is 2.60 bits per heavy atom. The van der Waals surface area contributed by atoms with Gasteiger partial charge in [-0.15, -0.1) is 0 Å². The van der Waals surface area contributed by atoms with Crippen LogP contribution in [0.1, 0.15) is 24.8 Å². The van der Waals surface area contributed by atoms with E-state index in [1.165, 1.54) is 4.31 Å². The second kappa shape index (κ2) is 7.39. The van der Waals surface area contributed by atoms with Crippen LogP contribution in [-0.2, 0) is 21.4 Å². The van der Waals surface area contributed by atoms with Gasteiger partial charge in [-0.1, -0.05) is 0 Å². The van der Waals surface area contributed by atoms with Crippen molar-refractivity contribution >= 4 is 16.1 Å². The molecule has 7 nitrogen and oxygen atoms in total. The van der Waals surface area contributed by atoms with Gasteiger partial charge in [0.15, 0.2) is 0 Å². The van der Waals surface area contributed by atoms with Crippen LogP contribution in [0.25, 0.3) is 0 Å². The molecule has 4 heterocycles. The number of hydrogen-bond donors (Lipinski definition) is 0. The molecule has 3 aliphatic heterocycles. The van der Waals surface area contributed by atoms with Crippen molar-refractivity contribution in [1.82, 2.24) is 18.5 Å². The number of nitrogens with zero attached hydrogens (tertiary/aromatic N) is 4. The summed E-state index contributed by atoms with van der Waals surface area (Å²) in [7, 11) is -0.321. The van der Waals surface area contributed by atoms with Gasteiger partial charge in [0.1, 0.15) is 0 Å². The Morgan fingerprint density at radius 2 is 1.92 bits per heavy atom. The van der Waals surface area contributed by atoms with Crippen LogP contribution < -0.4 is 0 Å². The minimum atomic E-state index is -3.43. The molecular weight excluding hydrogens is 340 g/mol. The molecule has 0 N–H and O–H groups in total. The van der Waals surface area contributed by atoms with Crippen LogP contribution in [0.15, 0.2) is 24.5 Å². The predicted octanol–water partition coefficient (Wildman–Crippen LogP) is 0.743. The molecule has 25 heavy (non-hydrogen) atoms. The maximum Gasteiger partial charge on any atom is 0.281 e. The number of carbonyl (C=O) groups is 1. The second-order valence-corrected chi connectivity index (χ2v) is 9.25. The number of amides is 1. The summed E-state index contributed by atoms with van der Waals surface area (Å²) in [5, 5.41) is 0. The van der Waals surface area contributed by atoms with Crippen molar-refractivity contribution in [2.24, 2.45) is 5.92 Å². The number of hydrogen-bond acceptors (Lipinski definition) is 4. The van der Waals surface area contributed by atoms with E-state index in [-0.39, 0.29) is 17.9 Å². The van der Waals surface area contributed by atoms with E-state index in [1.807, 2.05) is 17.0 Å². The molecule has 2 bridgehead atoms. The van der Waals surface area contributed by atoms with Gasteiger partial charge in [0, 0.05) is 58.6 Å². The molecule has 4 rings (SSSR count). The third-order valence-corrected chi connectivity index (χ3v) is 7.04. The van der Waals surface area contributed by atoms with Crippen molar-refractivity contribution in [2.75, 3.05) is 33.7 Å². The average Bonchev–Trinajstić information content (AvgIpc) is 2.93. The molecule has 0 unspecified atom stereocenters. The van der Waals surface area contributed by atoms with Crippen LogP contribution in [0.2, 0.25) is 0 Å². The Kier molecular flexibility index (Phi) is 5.41. The van der Waals surface area contributed by atoms with Crippen molar-refractivity contribution < 1.29 is 13.2 Å². The molecule has 8 heteroatoms. The quantitative estimate of drug-likeness (QED) is 0.771. The van der Waals surface area contributed by atoms with Crippen molar-refractivity contribution in [3.8, 4) is 0 Å². The predicted molar refractivity (Wildman–Crippen MR) is 95.0 cm³/mol. The van der Waals surface area contributed by atoms with Gasteiger partial charge >= 0.3 is 0 Å². The Balaban J connectivity index is 1.67. The number of piperidine rings is 1. The van der Waals surface area contributed by atoms with Gasteiger partial charge in [0.05, 0.1) is 0 Å². The number of carbonyl (C=O) groups excluding carboxylic acids is 1. The molecule has 3 fully saturated rings. The first-order valence-corrected chi connectivity index (χ1v) is 10.1. The minimum absolute atomic E-state index is 0.0154. The number of aryl methyl sites for hydroxylation is 1. The SMILES string of the molecule is CN(C)S(=O)(=O)N1C[C@H]2CC[C@@H](C1)N(C(=O)CCc1ccncc1)C2. The van der Waals surface area contributed by atoms with Crippen molar-refractivity contribution in [1.29, 1.82) is 0 Å². The van der Waals surface area contributed by atoms with Gasteiger partial charge in [-0.05, 0) is 42.9 Å². The maximum atomic E-state index is 12.7. The maximum absolute atomic E-state index is 12.7. The third kappa shape index (κ3) is 4.02. The number of rotatable bonds is 5. The lowest BCUT2D eigenvalue weighted by Crippen LogP contribution is -2.48. The van der Waals surface area contributed by atoms with Gasteiger partial charge in [-0.2, -0.15) is 17.0 Å². The fourth-order valence-electron chi connectivity index (χ4n) is 3.71. The van der Waals surface area contributed by atoms with E-state index in [9.17, 15) is 13.2 Å². The van der Waals surface area contributed by atoms with Crippen LogP contribution in [0.4, 0.5) is 0 Å². The number of pyridine rings is 1. The summed E-state index contributed by atoms with van der Waals surface area (Å²) in [5.41, 5.74) is 1.10. The molecule has 2 atom stereocenters. The molecule has 0 aliphatic carbocycles. The van der Waals surface area contributed by atoms with Crippen molar-refractivity contribution in [2.45, 2.75) is 31.7 Å². The molecule has 0 aromatic carbocycles. The molecule has 1 amide bonds. The van der Waals surface area contributed by atoms with E-state index in [2.05, 4.69) is 4.98 Å². The minimum Gasteiger partial charge on any atom is -0.338 e. The third-order valence-electron chi connectivity index (χ3n) is 5.16. The zero-order chi connectivity index (χ0) is 18.0. The molecule has 0 radical (unpaired) electrons. The summed E-state index contributed by atoms with van der Waals surface area (Å²) in [5.74, 6) is 0.342. The summed E-state index contributed by atoms with van der Waals surface area (Å²) >= 11 is 0. The molecule has 138 valence electrons. The van der Waals surface area contributed by atoms with Gasteiger partial charge in [0.25, 0.3) is 10.2 Å². The molecular formula is C17H26N4O3S. The fraction of sp³-hybridized carbons (Fsp3) is 0.647. The second-order valence-electron chi connectivity index (χ2n) is 7.11. The van der Waals surface area contributed by atoms with Gasteiger partial charge < -0.3 is 4.90 Å². The number of aromatic nitrogens is 1. The van der Waals surface area contributed by atoms with E-state index in [0.717, 1.165) is 18.4 Å². The van der Waals surface area contributed by atoms with Gasteiger partial charge in [-0.3, -0.25) is 9.78 Å². The monoisotopic (exact) mass is 366 g/mol. The lowest BCUT2D eigenvalue weighted by atomic mass is 9.94. The fourth-order valence-corrected chi connectivity index (χ4v) is 4.93. The normalized spacial score (nSPS) is 24.5. The van der Waals surface area contributed by atoms with Crippen LogP contribution in [0, 0.1) is 5.92 Å². The Morgan fingerprint density at radius 1 is 1.20 bits per heavy atom. The van der Waals surface area contributed by atoms with E-state index < -0.39 is 10.2 Å². The van der Waals surface area contributed by atoms with E-state index >= 15 is 0 Å². The molecule has 0 spiro atoms. The topological polar surface area (TPSA) is 73.8 Å². The van der Waals surface area contributed by atoms with Crippen LogP contribution in [0.5, 0.6) is 0 Å². The average molecular weight is 366 g/mol. The van der Waals surface area contributed by atoms with Crippen LogP contribution >= 0.6 is 0 Å². The summed E-state index contributed by atoms with van der Waals surface area (Å²) in [6.07, 6.45) is 6.47. The van der Waals surface area contributed by atoms with Crippen LogP contribution in [-0.4, -0.2) is 72.6 Å². The highest BCUT2D eigenvalue weighted by molar-refractivity contribution is 7.86. The first-order valence-electron chi connectivity index (χ1n) is 8.74. The highest BCUT2D eigenvalue weighted by atomic mass is 32.2. The first-order chi connectivity index (χ1) is 11.9. The Labute approximate surface area is 149 Å². The molecule has 1 aromatic rings. The zero-order valence-electron chi connectivity index (χ0n) is 14.8. The summed E-state index contributed by atoms with van der Waals surface area (Å²) < 4.78 is 27.8. The summed E-state index contributed by atoms with van der Waals surface area (Å²) in [4.78, 5) is 18.6. The van der Waals surface area contributed by atoms with Gasteiger partial charge in [-0.25, -0.2) is 0 Å². The highest BCUT2D eigenvalue weighted by Gasteiger charge is 2.41. The largest absolute Gasteiger partial charge is 0.338 e. The summed E-state index contributed by atoms with van der Waals surface area (Å²) in [6.45, 7) is 1.57. The highest BCUT2D eigenvalue weighted by Crippen LogP contribution is 2.30. The van der Waals surface area contributed by atoms with Crippen LogP contribution in [0.3, 0.4) is 0 Å². The molecule has 1 aromatic heterocycles. The molecule has 3 aliphatic rings. The van der Waals surface area contributed by atoms with Gasteiger partial charge in [0.2, 0.25) is 5.91 Å². The van der Waals surface area contributed by atoms with Crippen molar-refractivity contribution in [3.05, 3.63) is 30.1 Å². The number of fused-ring (bicyclic) bond motifs is 4. The lowest BCUT2D eigenvalue weighted by Gasteiger charge is -2.36. The zero-order valence-corrected chi connectivity index (χ0v) is 15.7.